The third-order valence-electron chi connectivity index (χ3n) is 1.94. The van der Waals surface area contributed by atoms with E-state index in [1.54, 1.807) is 22.3 Å². The third-order valence-corrected chi connectivity index (χ3v) is 2.91. The van der Waals surface area contributed by atoms with Crippen molar-refractivity contribution in [3.63, 3.8) is 0 Å². The molecule has 6 heteroatoms. The van der Waals surface area contributed by atoms with Crippen molar-refractivity contribution in [3.8, 4) is 0 Å². The summed E-state index contributed by atoms with van der Waals surface area (Å²) in [6, 6.07) is 3.63. The van der Waals surface area contributed by atoms with E-state index in [9.17, 15) is 0 Å². The van der Waals surface area contributed by atoms with Crippen LogP contribution < -0.4 is 0 Å². The van der Waals surface area contributed by atoms with Gasteiger partial charge in [0.05, 0.1) is 5.04 Å². The number of thioether (sulfide) groups is 1. The van der Waals surface area contributed by atoms with E-state index in [1.807, 2.05) is 19.2 Å². The van der Waals surface area contributed by atoms with E-state index < -0.39 is 0 Å². The number of hydrogen-bond donors (Lipinski definition) is 0. The highest BCUT2D eigenvalue weighted by Crippen LogP contribution is 2.22. The molecule has 0 atom stereocenters. The summed E-state index contributed by atoms with van der Waals surface area (Å²) in [5, 5.41) is 5.54. The maximum Gasteiger partial charge on any atom is 0.180 e. The summed E-state index contributed by atoms with van der Waals surface area (Å²) in [6.45, 7) is 1.94. The van der Waals surface area contributed by atoms with Gasteiger partial charge in [-0.25, -0.2) is 14.5 Å². The SMILES string of the molecule is CS/C(C)=N\c1ncnn2c(Cl)ccc12. The predicted molar refractivity (Wildman–Crippen MR) is 64.3 cm³/mol. The average molecular weight is 241 g/mol. The molecule has 0 fully saturated rings. The van der Waals surface area contributed by atoms with Gasteiger partial charge in [-0.3, -0.25) is 0 Å². The average Bonchev–Trinajstić information content (AvgIpc) is 2.62. The van der Waals surface area contributed by atoms with Gasteiger partial charge in [0.2, 0.25) is 0 Å². The first kappa shape index (κ1) is 10.4. The second-order valence-electron chi connectivity index (χ2n) is 2.87. The standard InChI is InChI=1S/C9H9ClN4S/c1-6(15-2)13-9-7-3-4-8(10)14(7)12-5-11-9/h3-5H,1-2H3/b13-6-. The van der Waals surface area contributed by atoms with Crippen molar-refractivity contribution in [2.45, 2.75) is 6.92 Å². The molecule has 0 saturated heterocycles. The molecule has 78 valence electrons. The third kappa shape index (κ3) is 1.98. The molecule has 0 amide bonds. The Hall–Kier alpha value is -1.07. The first-order valence-electron chi connectivity index (χ1n) is 4.30. The minimum absolute atomic E-state index is 0.561. The van der Waals surface area contributed by atoms with Crippen molar-refractivity contribution in [1.82, 2.24) is 14.6 Å². The fourth-order valence-corrected chi connectivity index (χ4v) is 1.55. The highest BCUT2D eigenvalue weighted by Gasteiger charge is 2.05. The van der Waals surface area contributed by atoms with Crippen molar-refractivity contribution in [1.29, 1.82) is 0 Å². The van der Waals surface area contributed by atoms with Crippen LogP contribution in [0.15, 0.2) is 23.5 Å². The predicted octanol–water partition coefficient (Wildman–Crippen LogP) is 2.80. The lowest BCUT2D eigenvalue weighted by molar-refractivity contribution is 0.903. The van der Waals surface area contributed by atoms with Gasteiger partial charge < -0.3 is 0 Å². The van der Waals surface area contributed by atoms with Gasteiger partial charge in [0.1, 0.15) is 17.0 Å². The summed E-state index contributed by atoms with van der Waals surface area (Å²) in [7, 11) is 0. The second kappa shape index (κ2) is 4.20. The zero-order chi connectivity index (χ0) is 10.8. The molecule has 0 bridgehead atoms. The summed E-state index contributed by atoms with van der Waals surface area (Å²) in [5.74, 6) is 0.642. The van der Waals surface area contributed by atoms with Crippen molar-refractivity contribution in [3.05, 3.63) is 23.6 Å². The summed E-state index contributed by atoms with van der Waals surface area (Å²) in [6.07, 6.45) is 3.42. The molecular weight excluding hydrogens is 232 g/mol. The number of hydrogen-bond acceptors (Lipinski definition) is 4. The summed E-state index contributed by atoms with van der Waals surface area (Å²) in [4.78, 5) is 8.48. The first-order chi connectivity index (χ1) is 7.22. The van der Waals surface area contributed by atoms with E-state index in [1.165, 1.54) is 6.33 Å². The van der Waals surface area contributed by atoms with Crippen LogP contribution >= 0.6 is 23.4 Å². The van der Waals surface area contributed by atoms with Crippen molar-refractivity contribution < 1.29 is 0 Å². The van der Waals surface area contributed by atoms with E-state index in [2.05, 4.69) is 15.1 Å². The zero-order valence-electron chi connectivity index (χ0n) is 8.31. The molecule has 0 saturated carbocycles. The van der Waals surface area contributed by atoms with Crippen LogP contribution in [0.4, 0.5) is 5.82 Å². The minimum atomic E-state index is 0.561. The van der Waals surface area contributed by atoms with Gasteiger partial charge >= 0.3 is 0 Å². The largest absolute Gasteiger partial charge is 0.225 e. The molecule has 0 aliphatic rings. The van der Waals surface area contributed by atoms with Crippen LogP contribution in [0.3, 0.4) is 0 Å². The molecule has 2 aromatic heterocycles. The van der Waals surface area contributed by atoms with Crippen LogP contribution in [0.25, 0.3) is 5.52 Å². The smallest absolute Gasteiger partial charge is 0.180 e. The molecule has 0 unspecified atom stereocenters. The molecule has 0 aromatic carbocycles. The lowest BCUT2D eigenvalue weighted by atomic mass is 10.5. The van der Waals surface area contributed by atoms with E-state index in [4.69, 9.17) is 11.6 Å². The Labute approximate surface area is 96.4 Å². The number of fused-ring (bicyclic) bond motifs is 1. The summed E-state index contributed by atoms with van der Waals surface area (Å²) in [5.41, 5.74) is 0.816. The number of aromatic nitrogens is 3. The van der Waals surface area contributed by atoms with Crippen LogP contribution in [0.1, 0.15) is 6.92 Å². The molecule has 4 nitrogen and oxygen atoms in total. The molecule has 0 N–H and O–H groups in total. The van der Waals surface area contributed by atoms with Gasteiger partial charge in [0.25, 0.3) is 0 Å². The normalized spacial score (nSPS) is 12.3. The van der Waals surface area contributed by atoms with Gasteiger partial charge in [-0.1, -0.05) is 11.6 Å². The van der Waals surface area contributed by atoms with E-state index in [0.29, 0.717) is 11.0 Å². The fourth-order valence-electron chi connectivity index (χ4n) is 1.17. The molecule has 0 radical (unpaired) electrons. The summed E-state index contributed by atoms with van der Waals surface area (Å²) >= 11 is 7.52. The van der Waals surface area contributed by atoms with Crippen LogP contribution in [0.2, 0.25) is 5.15 Å². The second-order valence-corrected chi connectivity index (χ2v) is 4.26. The van der Waals surface area contributed by atoms with Crippen LogP contribution in [-0.2, 0) is 0 Å². The number of halogens is 1. The Balaban J connectivity index is 2.61. The molecule has 0 aliphatic heterocycles. The van der Waals surface area contributed by atoms with Gasteiger partial charge in [0.15, 0.2) is 5.82 Å². The van der Waals surface area contributed by atoms with Gasteiger partial charge in [0, 0.05) is 0 Å². The number of rotatable bonds is 1. The van der Waals surface area contributed by atoms with Crippen molar-refractivity contribution in [2.75, 3.05) is 6.26 Å². The molecular formula is C9H9ClN4S. The van der Waals surface area contributed by atoms with Crippen LogP contribution in [0, 0.1) is 0 Å². The molecule has 2 aromatic rings. The maximum atomic E-state index is 5.93. The Kier molecular flexibility index (Phi) is 2.93. The maximum absolute atomic E-state index is 5.93. The molecule has 0 spiro atoms. The lowest BCUT2D eigenvalue weighted by Gasteiger charge is -1.99. The zero-order valence-corrected chi connectivity index (χ0v) is 9.88. The van der Waals surface area contributed by atoms with Crippen LogP contribution in [-0.4, -0.2) is 25.9 Å². The number of aliphatic imine (C=N–C) groups is 1. The lowest BCUT2D eigenvalue weighted by Crippen LogP contribution is -1.93. The van der Waals surface area contributed by atoms with Gasteiger partial charge in [-0.2, -0.15) is 5.10 Å². The Morgan fingerprint density at radius 3 is 3.07 bits per heavy atom. The molecule has 15 heavy (non-hydrogen) atoms. The highest BCUT2D eigenvalue weighted by molar-refractivity contribution is 8.13. The Bertz CT molecular complexity index is 520. The Morgan fingerprint density at radius 1 is 1.53 bits per heavy atom. The van der Waals surface area contributed by atoms with Crippen molar-refractivity contribution >= 4 is 39.7 Å². The van der Waals surface area contributed by atoms with E-state index in [-0.39, 0.29) is 0 Å². The topological polar surface area (TPSA) is 42.5 Å². The monoisotopic (exact) mass is 240 g/mol. The first-order valence-corrected chi connectivity index (χ1v) is 5.90. The number of nitrogens with zero attached hydrogens (tertiary/aromatic N) is 4. The molecule has 0 aliphatic carbocycles. The van der Waals surface area contributed by atoms with Gasteiger partial charge in [-0.05, 0) is 25.3 Å². The van der Waals surface area contributed by atoms with Crippen molar-refractivity contribution in [2.24, 2.45) is 4.99 Å². The fraction of sp³-hybridized carbons (Fsp3) is 0.222. The molecule has 2 heterocycles. The quantitative estimate of drug-likeness (QED) is 0.569. The summed E-state index contributed by atoms with van der Waals surface area (Å²) < 4.78 is 1.61. The van der Waals surface area contributed by atoms with Gasteiger partial charge in [-0.15, -0.1) is 11.8 Å². The minimum Gasteiger partial charge on any atom is -0.225 e. The Morgan fingerprint density at radius 2 is 2.33 bits per heavy atom. The highest BCUT2D eigenvalue weighted by atomic mass is 35.5. The van der Waals surface area contributed by atoms with E-state index >= 15 is 0 Å². The van der Waals surface area contributed by atoms with Crippen LogP contribution in [0.5, 0.6) is 0 Å². The van der Waals surface area contributed by atoms with E-state index in [0.717, 1.165) is 10.6 Å². The molecule has 2 rings (SSSR count).